The molecule has 1 N–H and O–H groups in total. The molecule has 3 aromatic carbocycles. The summed E-state index contributed by atoms with van der Waals surface area (Å²) in [5.74, 6) is 2.85. The van der Waals surface area contributed by atoms with Crippen LogP contribution in [-0.2, 0) is 0 Å². The second-order valence-electron chi connectivity index (χ2n) is 9.51. The molecule has 37 heavy (non-hydrogen) atoms. The van der Waals surface area contributed by atoms with Crippen molar-refractivity contribution in [3.8, 4) is 22.9 Å². The van der Waals surface area contributed by atoms with Gasteiger partial charge in [-0.25, -0.2) is 9.97 Å². The van der Waals surface area contributed by atoms with E-state index in [1.807, 2.05) is 12.1 Å². The van der Waals surface area contributed by atoms with Gasteiger partial charge in [-0.1, -0.05) is 63.1 Å². The molecular formula is C31H40N4O2. The fourth-order valence-electron chi connectivity index (χ4n) is 4.66. The number of ether oxygens (including phenoxy) is 2. The van der Waals surface area contributed by atoms with Crippen molar-refractivity contribution in [1.82, 2.24) is 14.9 Å². The van der Waals surface area contributed by atoms with Crippen molar-refractivity contribution in [3.63, 3.8) is 0 Å². The standard InChI is InChI=1S/C31H40N4O2/c1-5-7-17-35(18-8-6-2)19-11-16-32-31-26-21-28(36-3)29(37-4)22-27(26)33-30(34-31)25-15-14-23-12-9-10-13-24(23)20-25/h9-10,12-15,20-22H,5-8,11,16-19H2,1-4H3,(H,32,33,34). The number of unbranched alkanes of at least 4 members (excludes halogenated alkanes) is 2. The van der Waals surface area contributed by atoms with Crippen molar-refractivity contribution >= 4 is 27.5 Å². The van der Waals surface area contributed by atoms with E-state index in [-0.39, 0.29) is 0 Å². The molecule has 1 heterocycles. The predicted molar refractivity (Wildman–Crippen MR) is 155 cm³/mol. The van der Waals surface area contributed by atoms with Crippen LogP contribution in [0, 0.1) is 0 Å². The second kappa shape index (κ2) is 13.2. The first-order valence-electron chi connectivity index (χ1n) is 13.6. The van der Waals surface area contributed by atoms with Gasteiger partial charge in [-0.2, -0.15) is 0 Å². The number of anilines is 1. The lowest BCUT2D eigenvalue weighted by Gasteiger charge is -2.22. The molecule has 0 amide bonds. The number of methoxy groups -OCH3 is 2. The molecule has 0 aliphatic carbocycles. The van der Waals surface area contributed by atoms with E-state index in [1.54, 1.807) is 14.2 Å². The van der Waals surface area contributed by atoms with Crippen LogP contribution in [0.5, 0.6) is 11.5 Å². The Morgan fingerprint density at radius 3 is 2.14 bits per heavy atom. The fraction of sp³-hybridized carbons (Fsp3) is 0.419. The predicted octanol–water partition coefficient (Wildman–Crippen LogP) is 7.17. The highest BCUT2D eigenvalue weighted by molar-refractivity contribution is 5.94. The van der Waals surface area contributed by atoms with E-state index in [4.69, 9.17) is 19.4 Å². The monoisotopic (exact) mass is 500 g/mol. The number of fused-ring (bicyclic) bond motifs is 2. The van der Waals surface area contributed by atoms with E-state index < -0.39 is 0 Å². The summed E-state index contributed by atoms with van der Waals surface area (Å²) in [6.45, 7) is 8.80. The maximum atomic E-state index is 5.58. The summed E-state index contributed by atoms with van der Waals surface area (Å²) in [7, 11) is 3.30. The summed E-state index contributed by atoms with van der Waals surface area (Å²) >= 11 is 0. The van der Waals surface area contributed by atoms with Crippen molar-refractivity contribution < 1.29 is 9.47 Å². The third kappa shape index (κ3) is 6.69. The molecule has 6 nitrogen and oxygen atoms in total. The number of hydrogen-bond donors (Lipinski definition) is 1. The molecule has 1 aromatic heterocycles. The second-order valence-corrected chi connectivity index (χ2v) is 9.51. The van der Waals surface area contributed by atoms with Crippen molar-refractivity contribution in [2.45, 2.75) is 46.0 Å². The normalized spacial score (nSPS) is 11.4. The van der Waals surface area contributed by atoms with Gasteiger partial charge in [-0.05, 0) is 61.8 Å². The van der Waals surface area contributed by atoms with Gasteiger partial charge in [0.2, 0.25) is 0 Å². The van der Waals surface area contributed by atoms with Gasteiger partial charge in [0.15, 0.2) is 17.3 Å². The van der Waals surface area contributed by atoms with Gasteiger partial charge >= 0.3 is 0 Å². The number of rotatable bonds is 14. The van der Waals surface area contributed by atoms with Crippen LogP contribution in [0.3, 0.4) is 0 Å². The summed E-state index contributed by atoms with van der Waals surface area (Å²) in [6, 6.07) is 18.6. The highest BCUT2D eigenvalue weighted by atomic mass is 16.5. The van der Waals surface area contributed by atoms with E-state index in [9.17, 15) is 0 Å². The molecule has 6 heteroatoms. The first-order chi connectivity index (χ1) is 18.2. The Balaban J connectivity index is 1.62. The molecule has 0 fully saturated rings. The van der Waals surface area contributed by atoms with Crippen LogP contribution in [0.25, 0.3) is 33.1 Å². The van der Waals surface area contributed by atoms with E-state index >= 15 is 0 Å². The third-order valence-corrected chi connectivity index (χ3v) is 6.81. The zero-order chi connectivity index (χ0) is 26.0. The highest BCUT2D eigenvalue weighted by Gasteiger charge is 2.15. The zero-order valence-corrected chi connectivity index (χ0v) is 22.7. The molecule has 0 aliphatic heterocycles. The lowest BCUT2D eigenvalue weighted by Crippen LogP contribution is -2.28. The maximum absolute atomic E-state index is 5.58. The average molecular weight is 501 g/mol. The molecule has 0 radical (unpaired) electrons. The number of aromatic nitrogens is 2. The minimum atomic E-state index is 0.659. The Bertz CT molecular complexity index is 1300. The average Bonchev–Trinajstić information content (AvgIpc) is 2.94. The number of hydrogen-bond acceptors (Lipinski definition) is 6. The van der Waals surface area contributed by atoms with Crippen molar-refractivity contribution in [1.29, 1.82) is 0 Å². The van der Waals surface area contributed by atoms with E-state index in [0.29, 0.717) is 17.3 Å². The fourth-order valence-corrected chi connectivity index (χ4v) is 4.66. The van der Waals surface area contributed by atoms with Crippen molar-refractivity contribution in [2.24, 2.45) is 0 Å². The van der Waals surface area contributed by atoms with Crippen molar-refractivity contribution in [3.05, 3.63) is 54.6 Å². The molecule has 0 atom stereocenters. The van der Waals surface area contributed by atoms with Crippen LogP contribution in [0.2, 0.25) is 0 Å². The van der Waals surface area contributed by atoms with E-state index in [2.05, 4.69) is 66.5 Å². The molecule has 0 aliphatic rings. The SMILES string of the molecule is CCCCN(CCCC)CCCNc1nc(-c2ccc3ccccc3c2)nc2cc(OC)c(OC)cc12. The Hall–Kier alpha value is -3.38. The molecule has 196 valence electrons. The van der Waals surface area contributed by atoms with Crippen LogP contribution in [0.15, 0.2) is 54.6 Å². The Kier molecular flexibility index (Phi) is 9.55. The van der Waals surface area contributed by atoms with Gasteiger partial charge in [-0.15, -0.1) is 0 Å². The maximum Gasteiger partial charge on any atom is 0.162 e. The Labute approximate surface area is 221 Å². The number of nitrogens with one attached hydrogen (secondary N) is 1. The highest BCUT2D eigenvalue weighted by Crippen LogP contribution is 2.35. The van der Waals surface area contributed by atoms with Crippen LogP contribution in [-0.4, -0.2) is 55.3 Å². The summed E-state index contributed by atoms with van der Waals surface area (Å²) in [4.78, 5) is 12.5. The van der Waals surface area contributed by atoms with Gasteiger partial charge in [-0.3, -0.25) is 0 Å². The number of benzene rings is 3. The molecule has 4 rings (SSSR count). The molecule has 0 saturated carbocycles. The first kappa shape index (κ1) is 26.7. The third-order valence-electron chi connectivity index (χ3n) is 6.81. The summed E-state index contributed by atoms with van der Waals surface area (Å²) in [6.07, 6.45) is 6.03. The summed E-state index contributed by atoms with van der Waals surface area (Å²) in [5, 5.41) is 6.92. The Morgan fingerprint density at radius 2 is 1.43 bits per heavy atom. The summed E-state index contributed by atoms with van der Waals surface area (Å²) in [5.41, 5.74) is 1.81. The molecular weight excluding hydrogens is 460 g/mol. The van der Waals surface area contributed by atoms with Gasteiger partial charge in [0, 0.05) is 23.6 Å². The van der Waals surface area contributed by atoms with E-state index in [0.717, 1.165) is 41.8 Å². The molecule has 0 saturated heterocycles. The van der Waals surface area contributed by atoms with Gasteiger partial charge < -0.3 is 19.7 Å². The zero-order valence-electron chi connectivity index (χ0n) is 22.7. The molecule has 0 unspecified atom stereocenters. The van der Waals surface area contributed by atoms with Crippen LogP contribution >= 0.6 is 0 Å². The smallest absolute Gasteiger partial charge is 0.162 e. The van der Waals surface area contributed by atoms with Gasteiger partial charge in [0.1, 0.15) is 5.82 Å². The Morgan fingerprint density at radius 1 is 0.757 bits per heavy atom. The minimum absolute atomic E-state index is 0.659. The molecule has 4 aromatic rings. The topological polar surface area (TPSA) is 59.5 Å². The van der Waals surface area contributed by atoms with Crippen LogP contribution < -0.4 is 14.8 Å². The largest absolute Gasteiger partial charge is 0.493 e. The van der Waals surface area contributed by atoms with Crippen molar-refractivity contribution in [2.75, 3.05) is 45.7 Å². The lowest BCUT2D eigenvalue weighted by atomic mass is 10.1. The van der Waals surface area contributed by atoms with Crippen LogP contribution in [0.4, 0.5) is 5.82 Å². The molecule has 0 bridgehead atoms. The van der Waals surface area contributed by atoms with E-state index in [1.165, 1.54) is 49.5 Å². The molecule has 0 spiro atoms. The summed E-state index contributed by atoms with van der Waals surface area (Å²) < 4.78 is 11.1. The van der Waals surface area contributed by atoms with Gasteiger partial charge in [0.25, 0.3) is 0 Å². The lowest BCUT2D eigenvalue weighted by molar-refractivity contribution is 0.264. The number of nitrogens with zero attached hydrogens (tertiary/aromatic N) is 3. The van der Waals surface area contributed by atoms with Crippen LogP contribution in [0.1, 0.15) is 46.0 Å². The quantitative estimate of drug-likeness (QED) is 0.185. The van der Waals surface area contributed by atoms with Gasteiger partial charge in [0.05, 0.1) is 19.7 Å². The minimum Gasteiger partial charge on any atom is -0.493 e. The first-order valence-corrected chi connectivity index (χ1v) is 13.6.